The number of aromatic amines is 1. The Labute approximate surface area is 119 Å². The van der Waals surface area contributed by atoms with Gasteiger partial charge in [0.2, 0.25) is 5.71 Å². The standard InChI is InChI=1S/C14H12N4O3/c1-8-10(11-13(20)17-7-18-14(11)21-8)12(19)16-6-9-3-2-4-15-5-9/h2-5,7H,6H2,1H3,(H,16,19)(H,17,18,20). The zero-order chi connectivity index (χ0) is 14.8. The van der Waals surface area contributed by atoms with Crippen LogP contribution in [-0.4, -0.2) is 20.9 Å². The van der Waals surface area contributed by atoms with Gasteiger partial charge < -0.3 is 14.7 Å². The van der Waals surface area contributed by atoms with Crippen molar-refractivity contribution in [2.45, 2.75) is 13.5 Å². The second-order valence-corrected chi connectivity index (χ2v) is 4.49. The van der Waals surface area contributed by atoms with Gasteiger partial charge in [0.15, 0.2) is 0 Å². The summed E-state index contributed by atoms with van der Waals surface area (Å²) in [5.41, 5.74) is 0.831. The van der Waals surface area contributed by atoms with Crippen LogP contribution in [0.25, 0.3) is 11.1 Å². The molecule has 0 saturated carbocycles. The maximum atomic E-state index is 12.3. The number of amides is 1. The number of fused-ring (bicyclic) bond motifs is 1. The maximum Gasteiger partial charge on any atom is 0.262 e. The van der Waals surface area contributed by atoms with Gasteiger partial charge in [0, 0.05) is 18.9 Å². The van der Waals surface area contributed by atoms with Gasteiger partial charge in [0.1, 0.15) is 11.1 Å². The highest BCUT2D eigenvalue weighted by molar-refractivity contribution is 6.06. The number of carbonyl (C=O) groups is 1. The number of furan rings is 1. The zero-order valence-corrected chi connectivity index (χ0v) is 11.2. The molecule has 3 heterocycles. The molecule has 7 heteroatoms. The lowest BCUT2D eigenvalue weighted by Gasteiger charge is -2.04. The van der Waals surface area contributed by atoms with E-state index in [1.54, 1.807) is 25.4 Å². The summed E-state index contributed by atoms with van der Waals surface area (Å²) in [7, 11) is 0. The summed E-state index contributed by atoms with van der Waals surface area (Å²) in [5, 5.41) is 2.91. The average Bonchev–Trinajstić information content (AvgIpc) is 2.83. The number of H-pyrrole nitrogens is 1. The molecule has 3 rings (SSSR count). The molecule has 0 spiro atoms. The molecule has 3 aromatic rings. The molecule has 0 aromatic carbocycles. The summed E-state index contributed by atoms with van der Waals surface area (Å²) in [6.07, 6.45) is 4.56. The van der Waals surface area contributed by atoms with E-state index in [-0.39, 0.29) is 22.6 Å². The molecular weight excluding hydrogens is 272 g/mol. The first-order valence-electron chi connectivity index (χ1n) is 6.30. The highest BCUT2D eigenvalue weighted by Gasteiger charge is 2.21. The van der Waals surface area contributed by atoms with E-state index >= 15 is 0 Å². The third-order valence-corrected chi connectivity index (χ3v) is 3.07. The van der Waals surface area contributed by atoms with Crippen LogP contribution in [0.1, 0.15) is 21.7 Å². The summed E-state index contributed by atoms with van der Waals surface area (Å²) in [4.78, 5) is 34.5. The number of carbonyl (C=O) groups excluding carboxylic acids is 1. The van der Waals surface area contributed by atoms with Crippen LogP contribution in [0.3, 0.4) is 0 Å². The van der Waals surface area contributed by atoms with Crippen molar-refractivity contribution in [2.75, 3.05) is 0 Å². The minimum atomic E-state index is -0.400. The quantitative estimate of drug-likeness (QED) is 0.751. The van der Waals surface area contributed by atoms with Gasteiger partial charge >= 0.3 is 0 Å². The number of aryl methyl sites for hydroxylation is 1. The molecule has 21 heavy (non-hydrogen) atoms. The minimum absolute atomic E-state index is 0.155. The van der Waals surface area contributed by atoms with Gasteiger partial charge in [-0.25, -0.2) is 4.98 Å². The van der Waals surface area contributed by atoms with Crippen LogP contribution in [0.15, 0.2) is 40.1 Å². The summed E-state index contributed by atoms with van der Waals surface area (Å²) in [5.74, 6) is -0.0218. The molecule has 0 atom stereocenters. The number of pyridine rings is 1. The Bertz CT molecular complexity index is 852. The fraction of sp³-hybridized carbons (Fsp3) is 0.143. The molecule has 0 unspecified atom stereocenters. The molecule has 1 amide bonds. The van der Waals surface area contributed by atoms with Gasteiger partial charge in [0.25, 0.3) is 11.5 Å². The summed E-state index contributed by atoms with van der Waals surface area (Å²) in [6.45, 7) is 1.94. The maximum absolute atomic E-state index is 12.3. The molecule has 2 N–H and O–H groups in total. The van der Waals surface area contributed by atoms with E-state index in [2.05, 4.69) is 20.3 Å². The topological polar surface area (TPSA) is 101 Å². The van der Waals surface area contributed by atoms with Crippen molar-refractivity contribution in [3.63, 3.8) is 0 Å². The zero-order valence-electron chi connectivity index (χ0n) is 11.2. The molecule has 0 aliphatic carbocycles. The van der Waals surface area contributed by atoms with Crippen molar-refractivity contribution in [1.29, 1.82) is 0 Å². The van der Waals surface area contributed by atoms with E-state index in [0.29, 0.717) is 12.3 Å². The van der Waals surface area contributed by atoms with E-state index in [9.17, 15) is 9.59 Å². The summed E-state index contributed by atoms with van der Waals surface area (Å²) < 4.78 is 5.35. The summed E-state index contributed by atoms with van der Waals surface area (Å²) >= 11 is 0. The minimum Gasteiger partial charge on any atom is -0.442 e. The number of nitrogens with one attached hydrogen (secondary N) is 2. The fourth-order valence-corrected chi connectivity index (χ4v) is 2.10. The number of nitrogens with zero attached hydrogens (tertiary/aromatic N) is 2. The van der Waals surface area contributed by atoms with E-state index in [1.807, 2.05) is 6.07 Å². The largest absolute Gasteiger partial charge is 0.442 e. The predicted octanol–water partition coefficient (Wildman–Crippen LogP) is 1.15. The fourth-order valence-electron chi connectivity index (χ4n) is 2.10. The number of hydrogen-bond acceptors (Lipinski definition) is 5. The second kappa shape index (κ2) is 5.20. The van der Waals surface area contributed by atoms with Gasteiger partial charge in [-0.15, -0.1) is 0 Å². The van der Waals surface area contributed by atoms with Gasteiger partial charge in [-0.2, -0.15) is 0 Å². The highest BCUT2D eigenvalue weighted by Crippen LogP contribution is 2.20. The van der Waals surface area contributed by atoms with Crippen LogP contribution < -0.4 is 10.9 Å². The molecule has 0 fully saturated rings. The molecule has 106 valence electrons. The van der Waals surface area contributed by atoms with Crippen LogP contribution in [0.5, 0.6) is 0 Å². The summed E-state index contributed by atoms with van der Waals surface area (Å²) in [6, 6.07) is 3.64. The molecule has 0 aliphatic heterocycles. The van der Waals surface area contributed by atoms with E-state index in [1.165, 1.54) is 6.33 Å². The Morgan fingerprint density at radius 3 is 3.10 bits per heavy atom. The Balaban J connectivity index is 1.92. The molecule has 3 aromatic heterocycles. The number of aromatic nitrogens is 3. The third-order valence-electron chi connectivity index (χ3n) is 3.07. The normalized spacial score (nSPS) is 10.7. The van der Waals surface area contributed by atoms with Crippen LogP contribution in [0.2, 0.25) is 0 Å². The van der Waals surface area contributed by atoms with Crippen molar-refractivity contribution in [3.8, 4) is 0 Å². The van der Waals surface area contributed by atoms with Crippen molar-refractivity contribution < 1.29 is 9.21 Å². The molecule has 0 bridgehead atoms. The van der Waals surface area contributed by atoms with Gasteiger partial charge in [-0.3, -0.25) is 14.6 Å². The van der Waals surface area contributed by atoms with Gasteiger partial charge in [0.05, 0.1) is 11.9 Å². The van der Waals surface area contributed by atoms with E-state index in [0.717, 1.165) is 5.56 Å². The lowest BCUT2D eigenvalue weighted by Crippen LogP contribution is -2.24. The predicted molar refractivity (Wildman–Crippen MR) is 74.8 cm³/mol. The van der Waals surface area contributed by atoms with Gasteiger partial charge in [-0.1, -0.05) is 6.07 Å². The van der Waals surface area contributed by atoms with Crippen LogP contribution in [-0.2, 0) is 6.54 Å². The Hall–Kier alpha value is -2.96. The van der Waals surface area contributed by atoms with Crippen molar-refractivity contribution >= 4 is 17.0 Å². The number of hydrogen-bond donors (Lipinski definition) is 2. The average molecular weight is 284 g/mol. The van der Waals surface area contributed by atoms with Crippen LogP contribution in [0, 0.1) is 6.92 Å². The molecular formula is C14H12N4O3. The van der Waals surface area contributed by atoms with Gasteiger partial charge in [-0.05, 0) is 18.6 Å². The Morgan fingerprint density at radius 1 is 1.48 bits per heavy atom. The third kappa shape index (κ3) is 2.40. The lowest BCUT2D eigenvalue weighted by atomic mass is 10.1. The highest BCUT2D eigenvalue weighted by atomic mass is 16.3. The Morgan fingerprint density at radius 2 is 2.33 bits per heavy atom. The van der Waals surface area contributed by atoms with Crippen LogP contribution >= 0.6 is 0 Å². The molecule has 0 saturated heterocycles. The lowest BCUT2D eigenvalue weighted by molar-refractivity contribution is 0.0950. The van der Waals surface area contributed by atoms with Crippen LogP contribution in [0.4, 0.5) is 0 Å². The van der Waals surface area contributed by atoms with Crippen molar-refractivity contribution in [2.24, 2.45) is 0 Å². The number of rotatable bonds is 3. The first-order chi connectivity index (χ1) is 10.2. The van der Waals surface area contributed by atoms with Crippen molar-refractivity contribution in [1.82, 2.24) is 20.3 Å². The smallest absolute Gasteiger partial charge is 0.262 e. The second-order valence-electron chi connectivity index (χ2n) is 4.49. The van der Waals surface area contributed by atoms with Crippen molar-refractivity contribution in [3.05, 3.63) is 58.1 Å². The monoisotopic (exact) mass is 284 g/mol. The molecule has 0 radical (unpaired) electrons. The SMILES string of the molecule is Cc1oc2nc[nH]c(=O)c2c1C(=O)NCc1cccnc1. The first kappa shape index (κ1) is 13.0. The Kier molecular flexibility index (Phi) is 3.23. The molecule has 0 aliphatic rings. The van der Waals surface area contributed by atoms with E-state index in [4.69, 9.17) is 4.42 Å². The first-order valence-corrected chi connectivity index (χ1v) is 6.30. The molecule has 7 nitrogen and oxygen atoms in total. The van der Waals surface area contributed by atoms with E-state index < -0.39 is 5.56 Å².